The van der Waals surface area contributed by atoms with Crippen LogP contribution in [0.5, 0.6) is 0 Å². The van der Waals surface area contributed by atoms with Crippen LogP contribution in [-0.4, -0.2) is 27.5 Å². The van der Waals surface area contributed by atoms with Crippen molar-refractivity contribution in [3.05, 3.63) is 42.5 Å². The summed E-state index contributed by atoms with van der Waals surface area (Å²) < 4.78 is 12.9. The number of amides is 2. The molecule has 3 aromatic rings. The largest absolute Gasteiger partial charge is 0.338 e. The normalized spacial score (nSPS) is 11.0. The lowest BCUT2D eigenvalue weighted by Crippen LogP contribution is -2.31. The van der Waals surface area contributed by atoms with E-state index in [-0.39, 0.29) is 6.03 Å². The van der Waals surface area contributed by atoms with Gasteiger partial charge in [0, 0.05) is 18.3 Å². The van der Waals surface area contributed by atoms with E-state index in [0.29, 0.717) is 23.9 Å². The van der Waals surface area contributed by atoms with Gasteiger partial charge in [0.25, 0.3) is 0 Å². The number of nitrogens with one attached hydrogen (secondary N) is 3. The summed E-state index contributed by atoms with van der Waals surface area (Å²) in [6, 6.07) is 8.28. The maximum absolute atomic E-state index is 12.9. The first-order valence-corrected chi connectivity index (χ1v) is 7.68. The first-order valence-electron chi connectivity index (χ1n) is 7.68. The summed E-state index contributed by atoms with van der Waals surface area (Å²) in [5, 5.41) is 5.44. The second-order valence-electron chi connectivity index (χ2n) is 5.92. The standard InChI is InChI=1S/C17H18FN5O/c1-10(2)8-20-17(24)23-16-21-13-5-3-11(7-14(13)22-16)12-4-6-15(18)19-9-12/h3-7,9-10H,8H2,1-2H3,(H3,20,21,22,23,24). The number of imidazole rings is 1. The molecule has 3 rings (SSSR count). The summed E-state index contributed by atoms with van der Waals surface area (Å²) in [7, 11) is 0. The molecule has 0 atom stereocenters. The summed E-state index contributed by atoms with van der Waals surface area (Å²) in [5.41, 5.74) is 3.17. The Balaban J connectivity index is 1.79. The Hall–Kier alpha value is -2.96. The van der Waals surface area contributed by atoms with E-state index < -0.39 is 5.95 Å². The van der Waals surface area contributed by atoms with Crippen LogP contribution in [0.4, 0.5) is 15.1 Å². The first kappa shape index (κ1) is 15.9. The molecule has 1 aromatic carbocycles. The van der Waals surface area contributed by atoms with E-state index in [4.69, 9.17) is 0 Å². The van der Waals surface area contributed by atoms with Gasteiger partial charge in [0.15, 0.2) is 0 Å². The van der Waals surface area contributed by atoms with Crippen LogP contribution in [0, 0.1) is 11.9 Å². The van der Waals surface area contributed by atoms with Crippen molar-refractivity contribution in [2.24, 2.45) is 5.92 Å². The van der Waals surface area contributed by atoms with Gasteiger partial charge in [0.2, 0.25) is 11.9 Å². The van der Waals surface area contributed by atoms with Gasteiger partial charge in [-0.05, 0) is 35.7 Å². The molecule has 2 heterocycles. The molecular weight excluding hydrogens is 309 g/mol. The fourth-order valence-electron chi connectivity index (χ4n) is 2.24. The van der Waals surface area contributed by atoms with E-state index in [0.717, 1.165) is 16.6 Å². The quantitative estimate of drug-likeness (QED) is 0.641. The van der Waals surface area contributed by atoms with Crippen molar-refractivity contribution < 1.29 is 9.18 Å². The SMILES string of the molecule is CC(C)CNC(=O)Nc1nc2cc(-c3ccc(F)nc3)ccc2[nH]1. The van der Waals surface area contributed by atoms with Crippen LogP contribution >= 0.6 is 0 Å². The van der Waals surface area contributed by atoms with Gasteiger partial charge in [0.1, 0.15) is 0 Å². The highest BCUT2D eigenvalue weighted by Gasteiger charge is 2.08. The predicted molar refractivity (Wildman–Crippen MR) is 91.1 cm³/mol. The topological polar surface area (TPSA) is 82.7 Å². The third-order valence-corrected chi connectivity index (χ3v) is 3.45. The molecule has 0 bridgehead atoms. The number of halogens is 1. The molecule has 3 N–H and O–H groups in total. The number of benzene rings is 1. The molecule has 7 heteroatoms. The fraction of sp³-hybridized carbons (Fsp3) is 0.235. The van der Waals surface area contributed by atoms with E-state index >= 15 is 0 Å². The van der Waals surface area contributed by atoms with Crippen LogP contribution < -0.4 is 10.6 Å². The number of urea groups is 1. The van der Waals surface area contributed by atoms with Crippen molar-refractivity contribution in [2.75, 3.05) is 11.9 Å². The maximum Gasteiger partial charge on any atom is 0.321 e. The number of carbonyl (C=O) groups excluding carboxylic acids is 1. The first-order chi connectivity index (χ1) is 11.5. The number of aromatic amines is 1. The summed E-state index contributed by atoms with van der Waals surface area (Å²) in [6.07, 6.45) is 1.47. The van der Waals surface area contributed by atoms with Gasteiger partial charge in [0.05, 0.1) is 11.0 Å². The second-order valence-corrected chi connectivity index (χ2v) is 5.92. The number of fused-ring (bicyclic) bond motifs is 1. The Kier molecular flexibility index (Phi) is 4.41. The van der Waals surface area contributed by atoms with E-state index in [9.17, 15) is 9.18 Å². The molecule has 0 saturated carbocycles. The van der Waals surface area contributed by atoms with Crippen molar-refractivity contribution in [1.82, 2.24) is 20.3 Å². The molecule has 0 saturated heterocycles. The van der Waals surface area contributed by atoms with Crippen LogP contribution in [-0.2, 0) is 0 Å². The van der Waals surface area contributed by atoms with Gasteiger partial charge < -0.3 is 10.3 Å². The van der Waals surface area contributed by atoms with E-state index in [1.807, 2.05) is 32.0 Å². The monoisotopic (exact) mass is 327 g/mol. The fourth-order valence-corrected chi connectivity index (χ4v) is 2.24. The molecule has 0 aliphatic heterocycles. The lowest BCUT2D eigenvalue weighted by Gasteiger charge is -2.07. The maximum atomic E-state index is 12.9. The zero-order valence-corrected chi connectivity index (χ0v) is 13.4. The molecule has 0 aliphatic carbocycles. The number of hydrogen-bond donors (Lipinski definition) is 3. The molecule has 0 spiro atoms. The number of anilines is 1. The highest BCUT2D eigenvalue weighted by molar-refractivity contribution is 5.90. The van der Waals surface area contributed by atoms with E-state index in [1.165, 1.54) is 12.3 Å². The van der Waals surface area contributed by atoms with Crippen molar-refractivity contribution in [2.45, 2.75) is 13.8 Å². The molecular formula is C17H18FN5O. The van der Waals surface area contributed by atoms with Crippen LogP contribution in [0.1, 0.15) is 13.8 Å². The third kappa shape index (κ3) is 3.68. The Morgan fingerprint density at radius 1 is 1.25 bits per heavy atom. The summed E-state index contributed by atoms with van der Waals surface area (Å²) in [5.74, 6) is 0.234. The number of carbonyl (C=O) groups is 1. The predicted octanol–water partition coefficient (Wildman–Crippen LogP) is 3.54. The number of pyridine rings is 1. The third-order valence-electron chi connectivity index (χ3n) is 3.45. The molecule has 0 fully saturated rings. The molecule has 0 unspecified atom stereocenters. The molecule has 124 valence electrons. The molecule has 2 aromatic heterocycles. The Labute approximate surface area is 138 Å². The van der Waals surface area contributed by atoms with Crippen molar-refractivity contribution >= 4 is 23.0 Å². The highest BCUT2D eigenvalue weighted by atomic mass is 19.1. The number of H-pyrrole nitrogens is 1. The average molecular weight is 327 g/mol. The minimum absolute atomic E-state index is 0.300. The number of nitrogens with zero attached hydrogens (tertiary/aromatic N) is 2. The number of aromatic nitrogens is 3. The lowest BCUT2D eigenvalue weighted by atomic mass is 10.1. The molecule has 0 radical (unpaired) electrons. The van der Waals surface area contributed by atoms with Crippen molar-refractivity contribution in [1.29, 1.82) is 0 Å². The van der Waals surface area contributed by atoms with Crippen LogP contribution in [0.2, 0.25) is 0 Å². The zero-order chi connectivity index (χ0) is 17.1. The van der Waals surface area contributed by atoms with Gasteiger partial charge >= 0.3 is 6.03 Å². The summed E-state index contributed by atoms with van der Waals surface area (Å²) in [6.45, 7) is 4.63. The van der Waals surface area contributed by atoms with Gasteiger partial charge in [-0.3, -0.25) is 5.32 Å². The smallest absolute Gasteiger partial charge is 0.321 e. The lowest BCUT2D eigenvalue weighted by molar-refractivity contribution is 0.250. The van der Waals surface area contributed by atoms with Crippen molar-refractivity contribution in [3.8, 4) is 11.1 Å². The average Bonchev–Trinajstić information content (AvgIpc) is 2.94. The van der Waals surface area contributed by atoms with Crippen molar-refractivity contribution in [3.63, 3.8) is 0 Å². The Morgan fingerprint density at radius 3 is 2.75 bits per heavy atom. The van der Waals surface area contributed by atoms with Gasteiger partial charge in [-0.25, -0.2) is 14.8 Å². The van der Waals surface area contributed by atoms with Crippen LogP contribution in [0.15, 0.2) is 36.5 Å². The Morgan fingerprint density at radius 2 is 2.04 bits per heavy atom. The highest BCUT2D eigenvalue weighted by Crippen LogP contribution is 2.23. The van der Waals surface area contributed by atoms with Gasteiger partial charge in [-0.15, -0.1) is 0 Å². The number of hydrogen-bond acceptors (Lipinski definition) is 3. The molecule has 6 nitrogen and oxygen atoms in total. The minimum atomic E-state index is -0.515. The van der Waals surface area contributed by atoms with E-state index in [1.54, 1.807) is 6.07 Å². The minimum Gasteiger partial charge on any atom is -0.338 e. The van der Waals surface area contributed by atoms with Gasteiger partial charge in [-0.1, -0.05) is 19.9 Å². The number of rotatable bonds is 4. The zero-order valence-electron chi connectivity index (χ0n) is 13.4. The van der Waals surface area contributed by atoms with Crippen LogP contribution in [0.3, 0.4) is 0 Å². The summed E-state index contributed by atoms with van der Waals surface area (Å²) >= 11 is 0. The molecule has 0 aliphatic rings. The summed E-state index contributed by atoms with van der Waals surface area (Å²) in [4.78, 5) is 22.8. The molecule has 2 amide bonds. The van der Waals surface area contributed by atoms with Crippen LogP contribution in [0.25, 0.3) is 22.2 Å². The van der Waals surface area contributed by atoms with Gasteiger partial charge in [-0.2, -0.15) is 4.39 Å². The van der Waals surface area contributed by atoms with E-state index in [2.05, 4.69) is 25.6 Å². The second kappa shape index (κ2) is 6.66. The molecule has 24 heavy (non-hydrogen) atoms. The Bertz CT molecular complexity index is 857.